The van der Waals surface area contributed by atoms with Crippen molar-refractivity contribution in [3.8, 4) is 5.75 Å². The van der Waals surface area contributed by atoms with Crippen molar-refractivity contribution in [2.24, 2.45) is 12.1 Å². The first-order valence-electron chi connectivity index (χ1n) is 10.8. The number of carbonyl (C=O) groups is 1. The van der Waals surface area contributed by atoms with Gasteiger partial charge in [-0.05, 0) is 13.0 Å². The summed E-state index contributed by atoms with van der Waals surface area (Å²) in [7, 11) is 2.77. The van der Waals surface area contributed by atoms with Gasteiger partial charge < -0.3 is 20.1 Å². The number of hydrogen-bond donors (Lipinski definition) is 2. The summed E-state index contributed by atoms with van der Waals surface area (Å²) in [4.78, 5) is 13.3. The van der Waals surface area contributed by atoms with Crippen molar-refractivity contribution in [2.75, 3.05) is 37.1 Å². The molecular formula is C22H21ClF6N6O3. The first kappa shape index (κ1) is 28.8. The Labute approximate surface area is 216 Å². The molecule has 3 aromatic rings. The number of aliphatic hydroxyl groups is 1. The van der Waals surface area contributed by atoms with Gasteiger partial charge in [-0.3, -0.25) is 9.48 Å². The van der Waals surface area contributed by atoms with Gasteiger partial charge in [0, 0.05) is 32.8 Å². The third-order valence-corrected chi connectivity index (χ3v) is 5.56. The Bertz CT molecular complexity index is 1360. The number of halogens is 7. The molecule has 0 saturated carbocycles. The molecule has 0 saturated heterocycles. The number of anilines is 3. The number of amides is 1. The van der Waals surface area contributed by atoms with Crippen LogP contribution in [-0.4, -0.2) is 65.0 Å². The van der Waals surface area contributed by atoms with Crippen molar-refractivity contribution < 1.29 is 41.0 Å². The molecule has 0 fully saturated rings. The van der Waals surface area contributed by atoms with Gasteiger partial charge in [0.2, 0.25) is 6.41 Å². The lowest BCUT2D eigenvalue weighted by molar-refractivity contribution is -0.153. The fraction of sp³-hybridized carbons (Fsp3) is 0.318. The molecule has 1 aromatic heterocycles. The van der Waals surface area contributed by atoms with Crippen LogP contribution in [0.4, 0.5) is 43.5 Å². The number of fused-ring (bicyclic) bond motifs is 1. The Hall–Kier alpha value is -3.72. The van der Waals surface area contributed by atoms with Crippen molar-refractivity contribution in [3.05, 3.63) is 40.7 Å². The Morgan fingerprint density at radius 1 is 1.29 bits per heavy atom. The lowest BCUT2D eigenvalue weighted by atomic mass is 10.1. The predicted molar refractivity (Wildman–Crippen MR) is 128 cm³/mol. The highest BCUT2D eigenvalue weighted by molar-refractivity contribution is 6.33. The normalized spacial score (nSPS) is 12.1. The third-order valence-electron chi connectivity index (χ3n) is 5.26. The first-order chi connectivity index (χ1) is 17.8. The average molecular weight is 567 g/mol. The van der Waals surface area contributed by atoms with Gasteiger partial charge >= 0.3 is 6.18 Å². The van der Waals surface area contributed by atoms with Gasteiger partial charge in [-0.15, -0.1) is 5.10 Å². The number of amidine groups is 1. The van der Waals surface area contributed by atoms with Crippen LogP contribution in [0.25, 0.3) is 10.9 Å². The first-order valence-corrected chi connectivity index (χ1v) is 11.1. The molecule has 1 heterocycles. The van der Waals surface area contributed by atoms with E-state index in [0.717, 1.165) is 16.8 Å². The quantitative estimate of drug-likeness (QED) is 0.130. The Balaban J connectivity index is 2.27. The number of aromatic nitrogens is 2. The number of alkyl halides is 3. The highest BCUT2D eigenvalue weighted by Crippen LogP contribution is 2.41. The lowest BCUT2D eigenvalue weighted by Gasteiger charge is -2.21. The van der Waals surface area contributed by atoms with Gasteiger partial charge in [0.1, 0.15) is 29.4 Å². The van der Waals surface area contributed by atoms with Gasteiger partial charge in [0.25, 0.3) is 0 Å². The van der Waals surface area contributed by atoms with E-state index in [2.05, 4.69) is 15.5 Å². The summed E-state index contributed by atoms with van der Waals surface area (Å²) in [6.45, 7) is -0.378. The maximum atomic E-state index is 15.8. The molecule has 0 aliphatic heterocycles. The van der Waals surface area contributed by atoms with E-state index in [0.29, 0.717) is 17.6 Å². The van der Waals surface area contributed by atoms with Crippen LogP contribution in [0.1, 0.15) is 6.92 Å². The SMILES string of the molecule is CCN(C)/C(CO)=N\N(C=O)c1cc(OCC(F)(F)F)c2c(Nc3c(F)cc(F)cc3Cl)nn(C)c2c1F. The van der Waals surface area contributed by atoms with Crippen LogP contribution in [0.5, 0.6) is 5.75 Å². The average Bonchev–Trinajstić information content (AvgIpc) is 3.17. The van der Waals surface area contributed by atoms with E-state index in [1.54, 1.807) is 6.92 Å². The molecule has 16 heteroatoms. The molecule has 0 unspecified atom stereocenters. The number of hydrogen-bond acceptors (Lipinski definition) is 6. The third kappa shape index (κ3) is 6.05. The molecule has 0 aliphatic carbocycles. The van der Waals surface area contributed by atoms with E-state index in [9.17, 15) is 31.9 Å². The number of aryl methyl sites for hydroxylation is 1. The standard InChI is InChI=1S/C22H21ClF6N6O3/c1-4-33(2)16(8-36)31-35(10-37)14-7-15(38-9-22(27,28)29)17-20(18(14)26)34(3)32-21(17)30-19-12(23)5-11(24)6-13(19)25/h5-7,10,36H,4,8-9H2,1-3H3,(H,30,32)/b31-16-. The highest BCUT2D eigenvalue weighted by Gasteiger charge is 2.31. The Kier molecular flexibility index (Phi) is 8.61. The smallest absolute Gasteiger partial charge is 0.422 e. The number of ether oxygens (including phenoxy) is 1. The van der Waals surface area contributed by atoms with Crippen molar-refractivity contribution >= 4 is 51.9 Å². The van der Waals surface area contributed by atoms with Crippen LogP contribution < -0.4 is 15.1 Å². The number of nitrogens with zero attached hydrogens (tertiary/aromatic N) is 5. The number of likely N-dealkylation sites (N-methyl/N-ethyl adjacent to an activating group) is 1. The number of carbonyl (C=O) groups excluding carboxylic acids is 1. The molecule has 0 spiro atoms. The van der Waals surface area contributed by atoms with E-state index in [1.807, 2.05) is 0 Å². The molecule has 38 heavy (non-hydrogen) atoms. The van der Waals surface area contributed by atoms with Crippen LogP contribution in [0.3, 0.4) is 0 Å². The number of rotatable bonds is 9. The van der Waals surface area contributed by atoms with Crippen molar-refractivity contribution in [1.29, 1.82) is 0 Å². The van der Waals surface area contributed by atoms with E-state index in [1.165, 1.54) is 19.0 Å². The maximum absolute atomic E-state index is 15.8. The second-order valence-corrected chi connectivity index (χ2v) is 8.22. The van der Waals surface area contributed by atoms with Gasteiger partial charge in [-0.25, -0.2) is 13.2 Å². The number of benzene rings is 2. The molecule has 2 aromatic carbocycles. The molecule has 3 rings (SSSR count). The van der Waals surface area contributed by atoms with Crippen molar-refractivity contribution in [1.82, 2.24) is 14.7 Å². The zero-order valence-corrected chi connectivity index (χ0v) is 20.8. The molecule has 1 amide bonds. The second-order valence-electron chi connectivity index (χ2n) is 7.82. The summed E-state index contributed by atoms with van der Waals surface area (Å²) in [5.41, 5.74) is -1.55. The second kappa shape index (κ2) is 11.3. The summed E-state index contributed by atoms with van der Waals surface area (Å²) in [5, 5.41) is 19.6. The zero-order valence-electron chi connectivity index (χ0n) is 20.1. The maximum Gasteiger partial charge on any atom is 0.422 e. The van der Waals surface area contributed by atoms with Crippen molar-refractivity contribution in [3.63, 3.8) is 0 Å². The van der Waals surface area contributed by atoms with Crippen LogP contribution in [0, 0.1) is 17.5 Å². The molecule has 2 N–H and O–H groups in total. The topological polar surface area (TPSA) is 95.2 Å². The minimum absolute atomic E-state index is 0.0503. The predicted octanol–water partition coefficient (Wildman–Crippen LogP) is 4.55. The van der Waals surface area contributed by atoms with Gasteiger partial charge in [-0.1, -0.05) is 11.6 Å². The summed E-state index contributed by atoms with van der Waals surface area (Å²) < 4.78 is 88.5. The van der Waals surface area contributed by atoms with Crippen LogP contribution in [0.15, 0.2) is 23.3 Å². The summed E-state index contributed by atoms with van der Waals surface area (Å²) >= 11 is 5.90. The fourth-order valence-corrected chi connectivity index (χ4v) is 3.61. The van der Waals surface area contributed by atoms with Crippen LogP contribution in [0.2, 0.25) is 5.02 Å². The molecule has 0 bridgehead atoms. The summed E-state index contributed by atoms with van der Waals surface area (Å²) in [6, 6.07) is 2.06. The molecule has 0 atom stereocenters. The molecule has 9 nitrogen and oxygen atoms in total. The number of aliphatic hydroxyl groups excluding tert-OH is 1. The van der Waals surface area contributed by atoms with E-state index in [4.69, 9.17) is 16.3 Å². The van der Waals surface area contributed by atoms with Gasteiger partial charge in [0.05, 0.1) is 16.1 Å². The van der Waals surface area contributed by atoms with E-state index in [-0.39, 0.29) is 23.4 Å². The van der Waals surface area contributed by atoms with Crippen molar-refractivity contribution in [2.45, 2.75) is 13.1 Å². The minimum Gasteiger partial charge on any atom is -0.483 e. The summed E-state index contributed by atoms with van der Waals surface area (Å²) in [6.07, 6.45) is -4.72. The number of nitrogens with one attached hydrogen (secondary N) is 1. The minimum atomic E-state index is -4.81. The van der Waals surface area contributed by atoms with Crippen LogP contribution in [-0.2, 0) is 11.8 Å². The summed E-state index contributed by atoms with van der Waals surface area (Å²) in [5.74, 6) is -4.31. The largest absolute Gasteiger partial charge is 0.483 e. The zero-order chi connectivity index (χ0) is 28.4. The molecule has 206 valence electrons. The van der Waals surface area contributed by atoms with Gasteiger partial charge in [0.15, 0.2) is 29.9 Å². The monoisotopic (exact) mass is 566 g/mol. The molecule has 0 aliphatic rings. The fourth-order valence-electron chi connectivity index (χ4n) is 3.37. The molecular weight excluding hydrogens is 546 g/mol. The highest BCUT2D eigenvalue weighted by atomic mass is 35.5. The Morgan fingerprint density at radius 2 is 1.97 bits per heavy atom. The Morgan fingerprint density at radius 3 is 2.53 bits per heavy atom. The van der Waals surface area contributed by atoms with E-state index >= 15 is 4.39 Å². The number of hydrazone groups is 1. The lowest BCUT2D eigenvalue weighted by Crippen LogP contribution is -2.32. The van der Waals surface area contributed by atoms with E-state index < -0.39 is 64.5 Å². The van der Waals surface area contributed by atoms with Gasteiger partial charge in [-0.2, -0.15) is 23.3 Å². The molecule has 0 radical (unpaired) electrons. The van der Waals surface area contributed by atoms with Crippen LogP contribution >= 0.6 is 11.6 Å².